The van der Waals surface area contributed by atoms with Crippen molar-refractivity contribution in [2.24, 2.45) is 0 Å². The molecule has 140 valence electrons. The van der Waals surface area contributed by atoms with Crippen molar-refractivity contribution in [1.29, 1.82) is 0 Å². The highest BCUT2D eigenvalue weighted by Gasteiger charge is 2.26. The van der Waals surface area contributed by atoms with E-state index in [2.05, 4.69) is 5.32 Å². The molecule has 1 N–H and O–H groups in total. The van der Waals surface area contributed by atoms with Crippen molar-refractivity contribution in [1.82, 2.24) is 14.5 Å². The number of urea groups is 1. The summed E-state index contributed by atoms with van der Waals surface area (Å²) in [6.45, 7) is 5.72. The molecule has 7 heteroatoms. The van der Waals surface area contributed by atoms with Gasteiger partial charge in [-0.25, -0.2) is 17.5 Å². The van der Waals surface area contributed by atoms with Crippen LogP contribution in [0, 0.1) is 0 Å². The van der Waals surface area contributed by atoms with Crippen molar-refractivity contribution in [3.63, 3.8) is 0 Å². The fraction of sp³-hybridized carbons (Fsp3) is 0.611. The van der Waals surface area contributed by atoms with Crippen molar-refractivity contribution in [2.75, 3.05) is 31.9 Å². The van der Waals surface area contributed by atoms with Gasteiger partial charge in [-0.1, -0.05) is 30.3 Å². The summed E-state index contributed by atoms with van der Waals surface area (Å²) in [6.07, 6.45) is 2.04. The molecule has 1 aliphatic rings. The smallest absolute Gasteiger partial charge is 0.317 e. The molecule has 0 radical (unpaired) electrons. The summed E-state index contributed by atoms with van der Waals surface area (Å²) in [6, 6.07) is 9.89. The first-order valence-electron chi connectivity index (χ1n) is 8.95. The molecule has 0 aromatic heterocycles. The molecule has 2 rings (SSSR count). The van der Waals surface area contributed by atoms with E-state index in [0.29, 0.717) is 39.0 Å². The summed E-state index contributed by atoms with van der Waals surface area (Å²) in [7, 11) is -3.27. The highest BCUT2D eigenvalue weighted by atomic mass is 32.2. The fourth-order valence-electron chi connectivity index (χ4n) is 2.95. The van der Waals surface area contributed by atoms with Crippen LogP contribution in [0.3, 0.4) is 0 Å². The maximum Gasteiger partial charge on any atom is 0.317 e. The van der Waals surface area contributed by atoms with Crippen LogP contribution in [0.2, 0.25) is 0 Å². The lowest BCUT2D eigenvalue weighted by Gasteiger charge is -2.23. The van der Waals surface area contributed by atoms with Crippen LogP contribution in [0.1, 0.15) is 32.3 Å². The van der Waals surface area contributed by atoms with E-state index in [1.165, 1.54) is 0 Å². The first-order valence-corrected chi connectivity index (χ1v) is 10.6. The molecule has 1 aliphatic heterocycles. The first-order chi connectivity index (χ1) is 11.9. The third kappa shape index (κ3) is 6.32. The molecule has 0 spiro atoms. The maximum atomic E-state index is 12.6. The number of carbonyl (C=O) groups is 1. The zero-order valence-electron chi connectivity index (χ0n) is 15.1. The van der Waals surface area contributed by atoms with Gasteiger partial charge in [-0.05, 0) is 38.7 Å². The molecule has 0 bridgehead atoms. The first kappa shape index (κ1) is 19.7. The summed E-state index contributed by atoms with van der Waals surface area (Å²) < 4.78 is 26.7. The van der Waals surface area contributed by atoms with Crippen LogP contribution < -0.4 is 5.32 Å². The second-order valence-electron chi connectivity index (χ2n) is 6.75. The summed E-state index contributed by atoms with van der Waals surface area (Å²) >= 11 is 0. The Kier molecular flexibility index (Phi) is 7.25. The lowest BCUT2D eigenvalue weighted by molar-refractivity contribution is 0.198. The Labute approximate surface area is 151 Å². The third-order valence-electron chi connectivity index (χ3n) is 4.26. The number of hydrogen-bond donors (Lipinski definition) is 1. The van der Waals surface area contributed by atoms with Gasteiger partial charge in [0.2, 0.25) is 10.0 Å². The lowest BCUT2D eigenvalue weighted by Crippen LogP contribution is -2.45. The van der Waals surface area contributed by atoms with Crippen LogP contribution >= 0.6 is 0 Å². The van der Waals surface area contributed by atoms with Gasteiger partial charge in [0.1, 0.15) is 0 Å². The van der Waals surface area contributed by atoms with Crippen LogP contribution in [0.4, 0.5) is 4.79 Å². The Morgan fingerprint density at radius 3 is 2.52 bits per heavy atom. The normalized spacial score (nSPS) is 16.7. The Morgan fingerprint density at radius 1 is 1.12 bits per heavy atom. The van der Waals surface area contributed by atoms with E-state index in [1.54, 1.807) is 9.21 Å². The van der Waals surface area contributed by atoms with E-state index >= 15 is 0 Å². The zero-order valence-corrected chi connectivity index (χ0v) is 16.0. The average Bonchev–Trinajstić information content (AvgIpc) is 2.82. The van der Waals surface area contributed by atoms with Gasteiger partial charge in [0.15, 0.2) is 0 Å². The number of rotatable bonds is 6. The number of benzene rings is 1. The van der Waals surface area contributed by atoms with E-state index in [0.717, 1.165) is 12.0 Å². The SMILES string of the molecule is CC(C)NC(=O)N1CCCN(S(=O)(=O)CCCc2ccccc2)CC1. The fourth-order valence-corrected chi connectivity index (χ4v) is 4.48. The number of hydrogen-bond acceptors (Lipinski definition) is 3. The molecule has 2 amide bonds. The van der Waals surface area contributed by atoms with E-state index in [1.807, 2.05) is 44.2 Å². The summed E-state index contributed by atoms with van der Waals surface area (Å²) in [5.41, 5.74) is 1.16. The van der Waals surface area contributed by atoms with Crippen molar-refractivity contribution < 1.29 is 13.2 Å². The number of nitrogens with one attached hydrogen (secondary N) is 1. The lowest BCUT2D eigenvalue weighted by atomic mass is 10.1. The van der Waals surface area contributed by atoms with Gasteiger partial charge in [0.05, 0.1) is 5.75 Å². The monoisotopic (exact) mass is 367 g/mol. The minimum atomic E-state index is -3.27. The zero-order chi connectivity index (χ0) is 18.3. The molecule has 1 aromatic carbocycles. The highest BCUT2D eigenvalue weighted by molar-refractivity contribution is 7.89. The van der Waals surface area contributed by atoms with E-state index in [4.69, 9.17) is 0 Å². The third-order valence-corrected chi connectivity index (χ3v) is 6.21. The molecule has 1 heterocycles. The van der Waals surface area contributed by atoms with Gasteiger partial charge in [-0.3, -0.25) is 0 Å². The molecular weight excluding hydrogens is 338 g/mol. The van der Waals surface area contributed by atoms with E-state index < -0.39 is 10.0 Å². The average molecular weight is 368 g/mol. The van der Waals surface area contributed by atoms with Gasteiger partial charge >= 0.3 is 6.03 Å². The van der Waals surface area contributed by atoms with Crippen LogP contribution in [-0.2, 0) is 16.4 Å². The Balaban J connectivity index is 1.84. The molecule has 0 aliphatic carbocycles. The summed E-state index contributed by atoms with van der Waals surface area (Å²) in [4.78, 5) is 13.8. The molecule has 0 saturated carbocycles. The van der Waals surface area contributed by atoms with Crippen molar-refractivity contribution in [3.8, 4) is 0 Å². The van der Waals surface area contributed by atoms with Gasteiger partial charge in [-0.2, -0.15) is 0 Å². The predicted molar refractivity (Wildman–Crippen MR) is 100.0 cm³/mol. The van der Waals surface area contributed by atoms with Gasteiger partial charge < -0.3 is 10.2 Å². The molecule has 1 fully saturated rings. The largest absolute Gasteiger partial charge is 0.336 e. The number of nitrogens with zero attached hydrogens (tertiary/aromatic N) is 2. The Morgan fingerprint density at radius 2 is 1.84 bits per heavy atom. The van der Waals surface area contributed by atoms with Crippen LogP contribution in [0.5, 0.6) is 0 Å². The number of amides is 2. The number of carbonyl (C=O) groups excluding carboxylic acids is 1. The molecule has 0 unspecified atom stereocenters. The summed E-state index contributed by atoms with van der Waals surface area (Å²) in [5, 5.41) is 2.87. The number of aryl methyl sites for hydroxylation is 1. The van der Waals surface area contributed by atoms with Crippen molar-refractivity contribution >= 4 is 16.1 Å². The van der Waals surface area contributed by atoms with Crippen molar-refractivity contribution in [2.45, 2.75) is 39.2 Å². The van der Waals surface area contributed by atoms with Crippen LogP contribution in [0.25, 0.3) is 0 Å². The topological polar surface area (TPSA) is 69.7 Å². The molecule has 0 atom stereocenters. The highest BCUT2D eigenvalue weighted by Crippen LogP contribution is 2.12. The van der Waals surface area contributed by atoms with Crippen LogP contribution in [-0.4, -0.2) is 61.6 Å². The quantitative estimate of drug-likeness (QED) is 0.837. The Bertz CT molecular complexity index is 647. The standard InChI is InChI=1S/C18H29N3O3S/c1-16(2)19-18(22)20-11-7-12-21(14-13-20)25(23,24)15-6-10-17-8-4-3-5-9-17/h3-5,8-9,16H,6-7,10-15H2,1-2H3,(H,19,22). The maximum absolute atomic E-state index is 12.6. The molecule has 1 aromatic rings. The predicted octanol–water partition coefficient (Wildman–Crippen LogP) is 2.07. The minimum Gasteiger partial charge on any atom is -0.336 e. The molecule has 6 nitrogen and oxygen atoms in total. The second-order valence-corrected chi connectivity index (χ2v) is 8.84. The van der Waals surface area contributed by atoms with E-state index in [9.17, 15) is 13.2 Å². The van der Waals surface area contributed by atoms with E-state index in [-0.39, 0.29) is 17.8 Å². The van der Waals surface area contributed by atoms with Gasteiger partial charge in [0.25, 0.3) is 0 Å². The second kappa shape index (κ2) is 9.20. The Hall–Kier alpha value is -1.60. The molecule has 25 heavy (non-hydrogen) atoms. The van der Waals surface area contributed by atoms with Crippen LogP contribution in [0.15, 0.2) is 30.3 Å². The van der Waals surface area contributed by atoms with Gasteiger partial charge in [0, 0.05) is 32.2 Å². The molecular formula is C18H29N3O3S. The number of sulfonamides is 1. The van der Waals surface area contributed by atoms with Crippen molar-refractivity contribution in [3.05, 3.63) is 35.9 Å². The summed E-state index contributed by atoms with van der Waals surface area (Å²) in [5.74, 6) is 0.153. The van der Waals surface area contributed by atoms with Gasteiger partial charge in [-0.15, -0.1) is 0 Å². The minimum absolute atomic E-state index is 0.0774. The molecule has 1 saturated heterocycles.